The maximum Gasteiger partial charge on any atom is 0.306 e. The second-order valence-corrected chi connectivity index (χ2v) is 10.1. The van der Waals surface area contributed by atoms with Gasteiger partial charge >= 0.3 is 5.97 Å². The monoisotopic (exact) mass is 546 g/mol. The predicted octanol–water partition coefficient (Wildman–Crippen LogP) is 6.02. The van der Waals surface area contributed by atoms with Crippen molar-refractivity contribution in [2.45, 2.75) is 52.9 Å². The number of rotatable bonds is 13. The molecule has 3 rings (SSSR count). The van der Waals surface area contributed by atoms with Crippen molar-refractivity contribution in [3.05, 3.63) is 64.1 Å². The second kappa shape index (κ2) is 15.4. The summed E-state index contributed by atoms with van der Waals surface area (Å²) in [4.78, 5) is 42.3. The highest BCUT2D eigenvalue weighted by Crippen LogP contribution is 2.33. The molecule has 0 aliphatic carbocycles. The Labute approximate surface area is 235 Å². The lowest BCUT2D eigenvalue weighted by atomic mass is 9.99. The molecule has 2 aromatic carbocycles. The van der Waals surface area contributed by atoms with Gasteiger partial charge in [-0.2, -0.15) is 4.91 Å². The molecule has 1 aliphatic rings. The summed E-state index contributed by atoms with van der Waals surface area (Å²) in [6.45, 7) is 7.64. The number of esters is 1. The highest BCUT2D eigenvalue weighted by molar-refractivity contribution is 6.06. The van der Waals surface area contributed by atoms with Crippen LogP contribution in [0.5, 0.6) is 0 Å². The van der Waals surface area contributed by atoms with Gasteiger partial charge in [0, 0.05) is 37.1 Å². The summed E-state index contributed by atoms with van der Waals surface area (Å²) in [5.74, 6) is 5.68. The Balaban J connectivity index is 1.81. The van der Waals surface area contributed by atoms with Crippen LogP contribution in [0.3, 0.4) is 0 Å². The molecule has 212 valence electrons. The fraction of sp³-hybridized carbons (Fsp3) is 0.433. The van der Waals surface area contributed by atoms with Crippen LogP contribution in [0.25, 0.3) is 17.2 Å². The van der Waals surface area contributed by atoms with Gasteiger partial charge in [0.05, 0.1) is 18.8 Å². The fourth-order valence-corrected chi connectivity index (χ4v) is 4.35. The normalized spacial score (nSPS) is 12.9. The van der Waals surface area contributed by atoms with Gasteiger partial charge in [0.2, 0.25) is 5.91 Å². The lowest BCUT2D eigenvalue weighted by Gasteiger charge is -2.23. The maximum atomic E-state index is 13.4. The number of amides is 1. The minimum Gasteiger partial charge on any atom is -0.465 e. The van der Waals surface area contributed by atoms with E-state index in [1.165, 1.54) is 0 Å². The molecule has 0 radical (unpaired) electrons. The van der Waals surface area contributed by atoms with E-state index in [1.54, 1.807) is 4.90 Å². The molecule has 1 heterocycles. The Kier molecular flexibility index (Phi) is 11.7. The van der Waals surface area contributed by atoms with Crippen molar-refractivity contribution in [3.63, 3.8) is 0 Å². The van der Waals surface area contributed by atoms with E-state index in [1.807, 2.05) is 69.3 Å². The number of amidine groups is 1. The van der Waals surface area contributed by atoms with Crippen LogP contribution in [-0.2, 0) is 20.7 Å². The summed E-state index contributed by atoms with van der Waals surface area (Å²) in [7, 11) is 0. The van der Waals surface area contributed by atoms with Gasteiger partial charge in [-0.05, 0) is 54.0 Å². The Morgan fingerprint density at radius 2 is 1.85 bits per heavy atom. The summed E-state index contributed by atoms with van der Waals surface area (Å²) < 4.78 is 5.26. The van der Waals surface area contributed by atoms with Crippen molar-refractivity contribution in [2.24, 2.45) is 32.3 Å². The van der Waals surface area contributed by atoms with Crippen molar-refractivity contribution in [1.29, 1.82) is 0 Å². The molecule has 0 spiro atoms. The quantitative estimate of drug-likeness (QED) is 0.0817. The third-order valence-electron chi connectivity index (χ3n) is 6.35. The van der Waals surface area contributed by atoms with Crippen molar-refractivity contribution < 1.29 is 14.3 Å². The lowest BCUT2D eigenvalue weighted by molar-refractivity contribution is -0.144. The van der Waals surface area contributed by atoms with Gasteiger partial charge in [0.15, 0.2) is 5.84 Å². The van der Waals surface area contributed by atoms with Crippen LogP contribution < -0.4 is 5.84 Å². The van der Waals surface area contributed by atoms with Crippen molar-refractivity contribution in [1.82, 2.24) is 4.90 Å². The van der Waals surface area contributed by atoms with E-state index in [9.17, 15) is 14.5 Å². The van der Waals surface area contributed by atoms with Crippen LogP contribution >= 0.6 is 0 Å². The molecule has 0 bridgehead atoms. The van der Waals surface area contributed by atoms with Crippen LogP contribution in [0.1, 0.15) is 57.6 Å². The lowest BCUT2D eigenvalue weighted by Crippen LogP contribution is -2.34. The third kappa shape index (κ3) is 8.93. The number of ether oxygens (including phenoxy) is 1. The van der Waals surface area contributed by atoms with Crippen molar-refractivity contribution in [3.8, 4) is 11.1 Å². The molecule has 2 aromatic rings. The average molecular weight is 547 g/mol. The Hall–Kier alpha value is -4.21. The van der Waals surface area contributed by atoms with E-state index in [-0.39, 0.29) is 24.8 Å². The van der Waals surface area contributed by atoms with E-state index in [2.05, 4.69) is 20.5 Å². The second-order valence-electron chi connectivity index (χ2n) is 10.1. The first-order valence-corrected chi connectivity index (χ1v) is 13.7. The Bertz CT molecular complexity index is 1270. The first kappa shape index (κ1) is 30.3. The zero-order valence-corrected chi connectivity index (χ0v) is 23.5. The molecule has 0 saturated heterocycles. The van der Waals surface area contributed by atoms with E-state index < -0.39 is 0 Å². The summed E-state index contributed by atoms with van der Waals surface area (Å²) in [5.41, 5.74) is 4.97. The summed E-state index contributed by atoms with van der Waals surface area (Å²) in [6, 6.07) is 13.9. The van der Waals surface area contributed by atoms with E-state index in [0.717, 1.165) is 28.7 Å². The largest absolute Gasteiger partial charge is 0.465 e. The highest BCUT2D eigenvalue weighted by atomic mass is 16.5. The molecule has 1 amide bonds. The third-order valence-corrected chi connectivity index (χ3v) is 6.35. The maximum absolute atomic E-state index is 13.4. The molecule has 1 aliphatic heterocycles. The minimum absolute atomic E-state index is 0.131. The van der Waals surface area contributed by atoms with Gasteiger partial charge in [-0.25, -0.2) is 4.99 Å². The standard InChI is InChI=1S/C30H38N6O4/c1-4-15-36(16-5-14-32-39)30(38)26-17-25-12-11-24(18-27(25)33-28(19-26)34-35-31)23-9-6-22(7-10-23)8-13-29(37)40-20-21(2)3/h6-7,9-12,17-18,21H,4-5,8,13-16,19-20H2,1-3H3,(H2,31,33,34). The first-order chi connectivity index (χ1) is 19.3. The number of aliphatic imine (C=N–C) groups is 1. The van der Waals surface area contributed by atoms with Crippen LogP contribution in [0, 0.1) is 10.8 Å². The number of carbonyl (C=O) groups excluding carboxylic acids is 2. The van der Waals surface area contributed by atoms with Gasteiger partial charge in [-0.1, -0.05) is 67.6 Å². The van der Waals surface area contributed by atoms with Gasteiger partial charge in [0.1, 0.15) is 0 Å². The molecule has 0 fully saturated rings. The fourth-order valence-electron chi connectivity index (χ4n) is 4.35. The summed E-state index contributed by atoms with van der Waals surface area (Å²) >= 11 is 0. The van der Waals surface area contributed by atoms with E-state index in [4.69, 9.17) is 10.6 Å². The van der Waals surface area contributed by atoms with Crippen LogP contribution in [-0.4, -0.2) is 48.9 Å². The van der Waals surface area contributed by atoms with Crippen LogP contribution in [0.15, 0.2) is 68.5 Å². The van der Waals surface area contributed by atoms with Gasteiger partial charge in [-0.3, -0.25) is 9.59 Å². The average Bonchev–Trinajstić information content (AvgIpc) is 3.13. The van der Waals surface area contributed by atoms with Gasteiger partial charge < -0.3 is 15.5 Å². The number of benzene rings is 2. The smallest absolute Gasteiger partial charge is 0.306 e. The summed E-state index contributed by atoms with van der Waals surface area (Å²) in [6.07, 6.45) is 4.28. The van der Waals surface area contributed by atoms with Crippen molar-refractivity contribution >= 4 is 29.5 Å². The number of hydrogen-bond donors (Lipinski definition) is 1. The number of nitrogens with zero attached hydrogens (tertiary/aromatic N) is 5. The Morgan fingerprint density at radius 3 is 2.52 bits per heavy atom. The van der Waals surface area contributed by atoms with Crippen LogP contribution in [0.2, 0.25) is 0 Å². The SMILES string of the molecule is CCCN(CCCN=O)C(=O)C1=Cc2ccc(-c3ccc(CCC(=O)OCC(C)C)cc3)cc2N=C(N=NN)C1. The molecular formula is C30H38N6O4. The molecule has 10 heteroatoms. The molecule has 0 saturated carbocycles. The number of nitroso groups, excluding NO2 is 1. The molecule has 40 heavy (non-hydrogen) atoms. The number of hydrogen-bond acceptors (Lipinski definition) is 8. The summed E-state index contributed by atoms with van der Waals surface area (Å²) in [5, 5.41) is 10.3. The number of nitrogens with two attached hydrogens (primary N) is 1. The molecule has 0 unspecified atom stereocenters. The zero-order chi connectivity index (χ0) is 28.9. The molecule has 0 aromatic heterocycles. The molecule has 2 N–H and O–H groups in total. The number of carbonyl (C=O) groups is 2. The first-order valence-electron chi connectivity index (χ1n) is 13.7. The van der Waals surface area contributed by atoms with Gasteiger partial charge in [0.25, 0.3) is 0 Å². The van der Waals surface area contributed by atoms with Crippen molar-refractivity contribution in [2.75, 3.05) is 26.2 Å². The zero-order valence-electron chi connectivity index (χ0n) is 23.5. The minimum atomic E-state index is -0.187. The highest BCUT2D eigenvalue weighted by Gasteiger charge is 2.22. The topological polar surface area (TPSA) is 139 Å². The Morgan fingerprint density at radius 1 is 1.10 bits per heavy atom. The molecular weight excluding hydrogens is 508 g/mol. The molecule has 10 nitrogen and oxygen atoms in total. The van der Waals surface area contributed by atoms with E-state index in [0.29, 0.717) is 62.0 Å². The number of aryl methyl sites for hydroxylation is 1. The van der Waals surface area contributed by atoms with E-state index >= 15 is 0 Å². The predicted molar refractivity (Wildman–Crippen MR) is 157 cm³/mol. The van der Waals surface area contributed by atoms with Gasteiger partial charge in [-0.15, -0.1) is 5.11 Å². The molecule has 0 atom stereocenters. The number of fused-ring (bicyclic) bond motifs is 1. The van der Waals surface area contributed by atoms with Crippen LogP contribution in [0.4, 0.5) is 5.69 Å².